The molecular formula is C17H28N2S. The molecule has 3 rings (SSSR count). The summed E-state index contributed by atoms with van der Waals surface area (Å²) in [5.41, 5.74) is 1.66. The van der Waals surface area contributed by atoms with Gasteiger partial charge in [0.1, 0.15) is 0 Å². The lowest BCUT2D eigenvalue weighted by atomic mass is 9.90. The van der Waals surface area contributed by atoms with E-state index in [0.29, 0.717) is 6.04 Å². The lowest BCUT2D eigenvalue weighted by Gasteiger charge is -2.37. The van der Waals surface area contributed by atoms with E-state index in [2.05, 4.69) is 28.6 Å². The van der Waals surface area contributed by atoms with Crippen LogP contribution in [0, 0.1) is 5.92 Å². The molecule has 0 bridgehead atoms. The number of hydrogen-bond donors (Lipinski definition) is 1. The quantitative estimate of drug-likeness (QED) is 0.887. The Morgan fingerprint density at radius 1 is 1.30 bits per heavy atom. The van der Waals surface area contributed by atoms with Crippen molar-refractivity contribution in [1.29, 1.82) is 0 Å². The van der Waals surface area contributed by atoms with Crippen LogP contribution in [0.15, 0.2) is 11.4 Å². The number of nitrogens with one attached hydrogen (secondary N) is 1. The van der Waals surface area contributed by atoms with Gasteiger partial charge in [0.25, 0.3) is 0 Å². The number of thiophene rings is 1. The van der Waals surface area contributed by atoms with E-state index in [1.807, 2.05) is 11.3 Å². The van der Waals surface area contributed by atoms with Crippen molar-refractivity contribution in [3.63, 3.8) is 0 Å². The Hall–Kier alpha value is -0.380. The van der Waals surface area contributed by atoms with E-state index in [-0.39, 0.29) is 0 Å². The third-order valence-electron chi connectivity index (χ3n) is 4.92. The van der Waals surface area contributed by atoms with Gasteiger partial charge in [-0.15, -0.1) is 11.3 Å². The summed E-state index contributed by atoms with van der Waals surface area (Å²) in [6.07, 6.45) is 8.07. The summed E-state index contributed by atoms with van der Waals surface area (Å²) in [6.45, 7) is 7.35. The molecule has 2 aliphatic rings. The van der Waals surface area contributed by atoms with Gasteiger partial charge in [-0.25, -0.2) is 0 Å². The molecule has 1 aromatic rings. The molecule has 1 aromatic heterocycles. The molecule has 1 atom stereocenters. The maximum atomic E-state index is 3.49. The Labute approximate surface area is 127 Å². The lowest BCUT2D eigenvalue weighted by molar-refractivity contribution is 0.139. The number of hydrogen-bond acceptors (Lipinski definition) is 3. The second-order valence-electron chi connectivity index (χ2n) is 6.40. The van der Waals surface area contributed by atoms with E-state index < -0.39 is 0 Å². The van der Waals surface area contributed by atoms with Crippen molar-refractivity contribution in [2.45, 2.75) is 51.5 Å². The van der Waals surface area contributed by atoms with E-state index in [0.717, 1.165) is 5.92 Å². The standard InChI is InChI=1S/C17H28N2S/c1-2-11-19(13-14-6-9-18-10-7-14)16-4-3-5-17-15(16)8-12-20-17/h8,12,14,16,18H,2-7,9-11,13H2,1H3. The molecule has 0 radical (unpaired) electrons. The summed E-state index contributed by atoms with van der Waals surface area (Å²) >= 11 is 1.97. The molecule has 1 unspecified atom stereocenters. The molecule has 1 saturated heterocycles. The van der Waals surface area contributed by atoms with Crippen LogP contribution in [0.1, 0.15) is 55.5 Å². The maximum absolute atomic E-state index is 3.49. The highest BCUT2D eigenvalue weighted by Crippen LogP contribution is 2.37. The lowest BCUT2D eigenvalue weighted by Crippen LogP contribution is -2.39. The second-order valence-corrected chi connectivity index (χ2v) is 7.40. The maximum Gasteiger partial charge on any atom is 0.0359 e. The van der Waals surface area contributed by atoms with Crippen LogP contribution < -0.4 is 5.32 Å². The predicted molar refractivity (Wildman–Crippen MR) is 87.5 cm³/mol. The van der Waals surface area contributed by atoms with Crippen LogP contribution in [0.5, 0.6) is 0 Å². The van der Waals surface area contributed by atoms with E-state index in [1.165, 1.54) is 64.7 Å². The third-order valence-corrected chi connectivity index (χ3v) is 5.92. The van der Waals surface area contributed by atoms with E-state index in [9.17, 15) is 0 Å². The first-order valence-electron chi connectivity index (χ1n) is 8.39. The molecule has 1 aliphatic carbocycles. The number of piperidine rings is 1. The minimum atomic E-state index is 0.708. The first-order chi connectivity index (χ1) is 9.88. The summed E-state index contributed by atoms with van der Waals surface area (Å²) < 4.78 is 0. The highest BCUT2D eigenvalue weighted by atomic mass is 32.1. The van der Waals surface area contributed by atoms with Gasteiger partial charge in [0.2, 0.25) is 0 Å². The largest absolute Gasteiger partial charge is 0.317 e. The van der Waals surface area contributed by atoms with Gasteiger partial charge in [-0.05, 0) is 81.1 Å². The average molecular weight is 292 g/mol. The van der Waals surface area contributed by atoms with Crippen molar-refractivity contribution >= 4 is 11.3 Å². The van der Waals surface area contributed by atoms with E-state index in [4.69, 9.17) is 0 Å². The van der Waals surface area contributed by atoms with Crippen LogP contribution in [0.2, 0.25) is 0 Å². The van der Waals surface area contributed by atoms with Crippen molar-refractivity contribution in [3.8, 4) is 0 Å². The van der Waals surface area contributed by atoms with Crippen molar-refractivity contribution < 1.29 is 0 Å². The van der Waals surface area contributed by atoms with Crippen LogP contribution in [0.4, 0.5) is 0 Å². The number of rotatable bonds is 5. The summed E-state index contributed by atoms with van der Waals surface area (Å²) in [6, 6.07) is 3.11. The number of aryl methyl sites for hydroxylation is 1. The van der Waals surface area contributed by atoms with Gasteiger partial charge in [-0.3, -0.25) is 4.90 Å². The molecule has 0 spiro atoms. The highest BCUT2D eigenvalue weighted by molar-refractivity contribution is 7.10. The SMILES string of the molecule is CCCN(CC1CCNCC1)C1CCCc2sccc21. The number of fused-ring (bicyclic) bond motifs is 1. The van der Waals surface area contributed by atoms with Gasteiger partial charge in [0.05, 0.1) is 0 Å². The molecule has 2 nitrogen and oxygen atoms in total. The van der Waals surface area contributed by atoms with Gasteiger partial charge >= 0.3 is 0 Å². The first-order valence-corrected chi connectivity index (χ1v) is 9.27. The smallest absolute Gasteiger partial charge is 0.0359 e. The van der Waals surface area contributed by atoms with Crippen molar-refractivity contribution in [1.82, 2.24) is 10.2 Å². The Morgan fingerprint density at radius 2 is 2.15 bits per heavy atom. The molecule has 2 heterocycles. The fourth-order valence-electron chi connectivity index (χ4n) is 3.90. The second kappa shape index (κ2) is 7.06. The molecule has 0 saturated carbocycles. The summed E-state index contributed by atoms with van der Waals surface area (Å²) in [4.78, 5) is 4.47. The minimum absolute atomic E-state index is 0.708. The Morgan fingerprint density at radius 3 is 2.95 bits per heavy atom. The zero-order valence-corrected chi connectivity index (χ0v) is 13.6. The zero-order chi connectivity index (χ0) is 13.8. The van der Waals surface area contributed by atoms with Gasteiger partial charge in [0, 0.05) is 17.5 Å². The van der Waals surface area contributed by atoms with E-state index in [1.54, 1.807) is 10.4 Å². The molecule has 1 aliphatic heterocycles. The van der Waals surface area contributed by atoms with Crippen LogP contribution >= 0.6 is 11.3 Å². The molecule has 0 aromatic carbocycles. The van der Waals surface area contributed by atoms with Gasteiger partial charge in [0.15, 0.2) is 0 Å². The molecule has 112 valence electrons. The normalized spacial score (nSPS) is 24.0. The van der Waals surface area contributed by atoms with Crippen LogP contribution in [-0.2, 0) is 6.42 Å². The monoisotopic (exact) mass is 292 g/mol. The molecule has 20 heavy (non-hydrogen) atoms. The fraction of sp³-hybridized carbons (Fsp3) is 0.765. The first kappa shape index (κ1) is 14.6. The Bertz CT molecular complexity index is 409. The topological polar surface area (TPSA) is 15.3 Å². The highest BCUT2D eigenvalue weighted by Gasteiger charge is 2.28. The third kappa shape index (κ3) is 3.26. The molecule has 3 heteroatoms. The summed E-state index contributed by atoms with van der Waals surface area (Å²) in [5.74, 6) is 0.909. The number of nitrogens with zero attached hydrogens (tertiary/aromatic N) is 1. The predicted octanol–water partition coefficient (Wildman–Crippen LogP) is 3.84. The molecular weight excluding hydrogens is 264 g/mol. The van der Waals surface area contributed by atoms with Gasteiger partial charge < -0.3 is 5.32 Å². The summed E-state index contributed by atoms with van der Waals surface area (Å²) in [5, 5.41) is 5.80. The Kier molecular flexibility index (Phi) is 5.14. The molecule has 0 amide bonds. The fourth-order valence-corrected chi connectivity index (χ4v) is 4.88. The molecule has 1 N–H and O–H groups in total. The summed E-state index contributed by atoms with van der Waals surface area (Å²) in [7, 11) is 0. The van der Waals surface area contributed by atoms with Crippen LogP contribution in [-0.4, -0.2) is 31.1 Å². The van der Waals surface area contributed by atoms with Crippen molar-refractivity contribution in [3.05, 3.63) is 21.9 Å². The van der Waals surface area contributed by atoms with E-state index >= 15 is 0 Å². The van der Waals surface area contributed by atoms with Crippen LogP contribution in [0.25, 0.3) is 0 Å². The average Bonchev–Trinajstić information content (AvgIpc) is 2.96. The zero-order valence-electron chi connectivity index (χ0n) is 12.7. The van der Waals surface area contributed by atoms with Crippen molar-refractivity contribution in [2.24, 2.45) is 5.92 Å². The van der Waals surface area contributed by atoms with Gasteiger partial charge in [-0.1, -0.05) is 6.92 Å². The minimum Gasteiger partial charge on any atom is -0.317 e. The van der Waals surface area contributed by atoms with Crippen molar-refractivity contribution in [2.75, 3.05) is 26.2 Å². The van der Waals surface area contributed by atoms with Gasteiger partial charge in [-0.2, -0.15) is 0 Å². The molecule has 1 fully saturated rings. The Balaban J connectivity index is 1.70. The van der Waals surface area contributed by atoms with Crippen LogP contribution in [0.3, 0.4) is 0 Å².